The van der Waals surface area contributed by atoms with E-state index in [0.29, 0.717) is 0 Å². The molecular weight excluding hydrogens is 206 g/mol. The molecule has 0 aromatic heterocycles. The van der Waals surface area contributed by atoms with Crippen molar-refractivity contribution in [3.63, 3.8) is 0 Å². The molecule has 3 unspecified atom stereocenters. The second-order valence-electron chi connectivity index (χ2n) is 6.95. The van der Waals surface area contributed by atoms with Crippen LogP contribution in [-0.4, -0.2) is 12.1 Å². The summed E-state index contributed by atoms with van der Waals surface area (Å²) < 4.78 is 0. The third-order valence-corrected chi connectivity index (χ3v) is 5.73. The molecule has 2 bridgehead atoms. The average molecular weight is 235 g/mol. The van der Waals surface area contributed by atoms with Crippen LogP contribution in [0.15, 0.2) is 0 Å². The number of fused-ring (bicyclic) bond motifs is 2. The van der Waals surface area contributed by atoms with Crippen LogP contribution >= 0.6 is 0 Å². The van der Waals surface area contributed by atoms with Crippen LogP contribution in [-0.2, 0) is 0 Å². The first-order valence-electron chi connectivity index (χ1n) is 8.11. The Balaban J connectivity index is 1.42. The Bertz CT molecular complexity index is 242. The van der Waals surface area contributed by atoms with E-state index in [9.17, 15) is 0 Å². The molecular formula is C16H29N. The number of rotatable bonds is 4. The lowest BCUT2D eigenvalue weighted by molar-refractivity contribution is 0.237. The van der Waals surface area contributed by atoms with Crippen LogP contribution in [0.3, 0.4) is 0 Å². The zero-order valence-corrected chi connectivity index (χ0v) is 11.5. The van der Waals surface area contributed by atoms with Crippen molar-refractivity contribution in [2.75, 3.05) is 0 Å². The van der Waals surface area contributed by atoms with Crippen LogP contribution in [0.4, 0.5) is 0 Å². The summed E-state index contributed by atoms with van der Waals surface area (Å²) in [5, 5.41) is 4.01. The van der Waals surface area contributed by atoms with Gasteiger partial charge in [-0.3, -0.25) is 0 Å². The highest BCUT2D eigenvalue weighted by atomic mass is 15.0. The third-order valence-electron chi connectivity index (χ3n) is 5.73. The third kappa shape index (κ3) is 2.70. The molecule has 3 rings (SSSR count). The van der Waals surface area contributed by atoms with Crippen molar-refractivity contribution >= 4 is 0 Å². The van der Waals surface area contributed by atoms with Gasteiger partial charge in [-0.1, -0.05) is 26.2 Å². The SMILES string of the molecule is CCCC1CCC(NC2CC3CCC2C3)CC1. The van der Waals surface area contributed by atoms with Gasteiger partial charge in [-0.2, -0.15) is 0 Å². The highest BCUT2D eigenvalue weighted by Gasteiger charge is 2.40. The Labute approximate surface area is 107 Å². The van der Waals surface area contributed by atoms with Crippen LogP contribution in [0, 0.1) is 17.8 Å². The van der Waals surface area contributed by atoms with Crippen molar-refractivity contribution in [3.8, 4) is 0 Å². The summed E-state index contributed by atoms with van der Waals surface area (Å²) in [4.78, 5) is 0. The van der Waals surface area contributed by atoms with Crippen LogP contribution in [0.2, 0.25) is 0 Å². The first kappa shape index (κ1) is 12.0. The van der Waals surface area contributed by atoms with Gasteiger partial charge in [0, 0.05) is 12.1 Å². The van der Waals surface area contributed by atoms with Gasteiger partial charge in [0.05, 0.1) is 0 Å². The average Bonchev–Trinajstić information content (AvgIpc) is 2.94. The standard InChI is InChI=1S/C16H29N/c1-2-3-12-5-8-15(9-6-12)17-16-11-13-4-7-14(16)10-13/h12-17H,2-11H2,1H3. The summed E-state index contributed by atoms with van der Waals surface area (Å²) in [6, 6.07) is 1.77. The van der Waals surface area contributed by atoms with Crippen molar-refractivity contribution in [2.24, 2.45) is 17.8 Å². The molecule has 0 saturated heterocycles. The minimum Gasteiger partial charge on any atom is -0.311 e. The predicted molar refractivity (Wildman–Crippen MR) is 73.0 cm³/mol. The Morgan fingerprint density at radius 2 is 1.76 bits per heavy atom. The molecule has 0 spiro atoms. The van der Waals surface area contributed by atoms with Gasteiger partial charge < -0.3 is 5.32 Å². The summed E-state index contributed by atoms with van der Waals surface area (Å²) in [7, 11) is 0. The molecule has 1 nitrogen and oxygen atoms in total. The maximum atomic E-state index is 4.01. The highest BCUT2D eigenvalue weighted by Crippen LogP contribution is 2.45. The van der Waals surface area contributed by atoms with E-state index in [1.165, 1.54) is 57.8 Å². The van der Waals surface area contributed by atoms with E-state index in [2.05, 4.69) is 12.2 Å². The predicted octanol–water partition coefficient (Wildman–Crippen LogP) is 4.12. The first-order valence-corrected chi connectivity index (χ1v) is 8.11. The quantitative estimate of drug-likeness (QED) is 0.773. The Morgan fingerprint density at radius 1 is 0.941 bits per heavy atom. The Morgan fingerprint density at radius 3 is 2.35 bits per heavy atom. The summed E-state index contributed by atoms with van der Waals surface area (Å²) in [6.07, 6.45) is 14.9. The van der Waals surface area contributed by atoms with Gasteiger partial charge >= 0.3 is 0 Å². The molecule has 0 aliphatic heterocycles. The van der Waals surface area contributed by atoms with E-state index in [1.54, 1.807) is 6.42 Å². The molecule has 0 heterocycles. The molecule has 3 aliphatic rings. The number of nitrogens with one attached hydrogen (secondary N) is 1. The molecule has 0 aromatic rings. The number of hydrogen-bond acceptors (Lipinski definition) is 1. The zero-order chi connectivity index (χ0) is 11.7. The zero-order valence-electron chi connectivity index (χ0n) is 11.5. The fourth-order valence-corrected chi connectivity index (χ4v) is 4.78. The highest BCUT2D eigenvalue weighted by molar-refractivity contribution is 4.95. The normalized spacial score (nSPS) is 45.4. The summed E-state index contributed by atoms with van der Waals surface area (Å²) in [5.41, 5.74) is 0. The molecule has 17 heavy (non-hydrogen) atoms. The Kier molecular flexibility index (Phi) is 3.75. The summed E-state index contributed by atoms with van der Waals surface area (Å²) in [5.74, 6) is 3.19. The minimum absolute atomic E-state index is 0.868. The van der Waals surface area contributed by atoms with E-state index in [4.69, 9.17) is 0 Å². The van der Waals surface area contributed by atoms with Crippen molar-refractivity contribution in [1.82, 2.24) is 5.32 Å². The van der Waals surface area contributed by atoms with Crippen LogP contribution in [0.25, 0.3) is 0 Å². The summed E-state index contributed by atoms with van der Waals surface area (Å²) in [6.45, 7) is 2.33. The van der Waals surface area contributed by atoms with Crippen molar-refractivity contribution in [1.29, 1.82) is 0 Å². The minimum atomic E-state index is 0.868. The van der Waals surface area contributed by atoms with E-state index >= 15 is 0 Å². The van der Waals surface area contributed by atoms with Gasteiger partial charge in [-0.15, -0.1) is 0 Å². The van der Waals surface area contributed by atoms with Crippen LogP contribution in [0.5, 0.6) is 0 Å². The fourth-order valence-electron chi connectivity index (χ4n) is 4.78. The first-order chi connectivity index (χ1) is 8.35. The lowest BCUT2D eigenvalue weighted by Gasteiger charge is -2.33. The topological polar surface area (TPSA) is 12.0 Å². The molecule has 0 amide bonds. The molecule has 1 N–H and O–H groups in total. The maximum Gasteiger partial charge on any atom is 0.0101 e. The van der Waals surface area contributed by atoms with Gasteiger partial charge in [0.25, 0.3) is 0 Å². The monoisotopic (exact) mass is 235 g/mol. The lowest BCUT2D eigenvalue weighted by atomic mass is 9.82. The van der Waals surface area contributed by atoms with E-state index in [1.807, 2.05) is 0 Å². The molecule has 0 radical (unpaired) electrons. The second kappa shape index (κ2) is 5.30. The van der Waals surface area contributed by atoms with E-state index in [0.717, 1.165) is 29.8 Å². The largest absolute Gasteiger partial charge is 0.311 e. The molecule has 98 valence electrons. The second-order valence-corrected chi connectivity index (χ2v) is 6.95. The summed E-state index contributed by atoms with van der Waals surface area (Å²) >= 11 is 0. The van der Waals surface area contributed by atoms with Crippen molar-refractivity contribution in [3.05, 3.63) is 0 Å². The van der Waals surface area contributed by atoms with Gasteiger partial charge in [0.1, 0.15) is 0 Å². The smallest absolute Gasteiger partial charge is 0.0101 e. The molecule has 0 aromatic carbocycles. The van der Waals surface area contributed by atoms with Gasteiger partial charge in [-0.05, 0) is 62.7 Å². The maximum absolute atomic E-state index is 4.01. The fraction of sp³-hybridized carbons (Fsp3) is 1.00. The molecule has 3 aliphatic carbocycles. The van der Waals surface area contributed by atoms with Crippen LogP contribution in [0.1, 0.15) is 71.1 Å². The molecule has 3 atom stereocenters. The van der Waals surface area contributed by atoms with Crippen molar-refractivity contribution < 1.29 is 0 Å². The van der Waals surface area contributed by atoms with E-state index < -0.39 is 0 Å². The van der Waals surface area contributed by atoms with Crippen molar-refractivity contribution in [2.45, 2.75) is 83.2 Å². The van der Waals surface area contributed by atoms with Gasteiger partial charge in [0.15, 0.2) is 0 Å². The molecule has 3 saturated carbocycles. The van der Waals surface area contributed by atoms with E-state index in [-0.39, 0.29) is 0 Å². The van der Waals surface area contributed by atoms with Crippen LogP contribution < -0.4 is 5.32 Å². The molecule has 3 fully saturated rings. The van der Waals surface area contributed by atoms with Gasteiger partial charge in [-0.25, -0.2) is 0 Å². The molecule has 1 heteroatoms. The lowest BCUT2D eigenvalue weighted by Crippen LogP contribution is -2.43. The van der Waals surface area contributed by atoms with Gasteiger partial charge in [0.2, 0.25) is 0 Å². The Hall–Kier alpha value is -0.0400. The number of hydrogen-bond donors (Lipinski definition) is 1.